The van der Waals surface area contributed by atoms with Crippen molar-refractivity contribution in [3.05, 3.63) is 35.0 Å². The maximum absolute atomic E-state index is 12.4. The van der Waals surface area contributed by atoms with Crippen LogP contribution in [0.25, 0.3) is 10.9 Å². The monoisotopic (exact) mass is 276 g/mol. The summed E-state index contributed by atoms with van der Waals surface area (Å²) in [7, 11) is 0. The number of aromatic amines is 1. The number of rotatable bonds is 5. The van der Waals surface area contributed by atoms with Crippen molar-refractivity contribution in [3.63, 3.8) is 0 Å². The standard InChI is InChI=1S/C15H20N2O3/c1-10-7-11(2)12-9-14(16-13(12)8-10)15(20)17(3-5-18)4-6-19/h7-9,16,18-19H,3-6H2,1-2H3. The van der Waals surface area contributed by atoms with Gasteiger partial charge in [-0.1, -0.05) is 6.07 Å². The van der Waals surface area contributed by atoms with Crippen LogP contribution < -0.4 is 0 Å². The highest BCUT2D eigenvalue weighted by Gasteiger charge is 2.17. The number of amides is 1. The molecule has 0 aliphatic carbocycles. The summed E-state index contributed by atoms with van der Waals surface area (Å²) in [6.45, 7) is 4.21. The molecule has 0 radical (unpaired) electrons. The predicted octanol–water partition coefficient (Wildman–Crippen LogP) is 1.21. The Morgan fingerprint density at radius 1 is 1.15 bits per heavy atom. The Morgan fingerprint density at radius 3 is 2.40 bits per heavy atom. The molecule has 5 nitrogen and oxygen atoms in total. The van der Waals surface area contributed by atoms with E-state index < -0.39 is 0 Å². The molecule has 2 aromatic rings. The molecular formula is C15H20N2O3. The fraction of sp³-hybridized carbons (Fsp3) is 0.400. The maximum Gasteiger partial charge on any atom is 0.270 e. The Morgan fingerprint density at radius 2 is 1.80 bits per heavy atom. The number of hydrogen-bond acceptors (Lipinski definition) is 3. The lowest BCUT2D eigenvalue weighted by atomic mass is 10.1. The van der Waals surface area contributed by atoms with E-state index in [1.54, 1.807) is 0 Å². The predicted molar refractivity (Wildman–Crippen MR) is 77.8 cm³/mol. The zero-order valence-electron chi connectivity index (χ0n) is 11.8. The molecule has 0 atom stereocenters. The topological polar surface area (TPSA) is 76.6 Å². The van der Waals surface area contributed by atoms with Crippen molar-refractivity contribution in [2.24, 2.45) is 0 Å². The van der Waals surface area contributed by atoms with Gasteiger partial charge in [-0.3, -0.25) is 4.79 Å². The zero-order chi connectivity index (χ0) is 14.7. The van der Waals surface area contributed by atoms with Crippen LogP contribution in [0.5, 0.6) is 0 Å². The summed E-state index contributed by atoms with van der Waals surface area (Å²) in [5, 5.41) is 19.0. The number of aliphatic hydroxyl groups is 2. The van der Waals surface area contributed by atoms with Crippen LogP contribution in [-0.4, -0.2) is 52.3 Å². The number of carbonyl (C=O) groups is 1. The Kier molecular flexibility index (Phi) is 4.42. The minimum Gasteiger partial charge on any atom is -0.395 e. The smallest absolute Gasteiger partial charge is 0.270 e. The third-order valence-corrected chi connectivity index (χ3v) is 3.35. The summed E-state index contributed by atoms with van der Waals surface area (Å²) in [4.78, 5) is 16.9. The second-order valence-corrected chi connectivity index (χ2v) is 4.97. The van der Waals surface area contributed by atoms with E-state index in [4.69, 9.17) is 10.2 Å². The van der Waals surface area contributed by atoms with Gasteiger partial charge >= 0.3 is 0 Å². The van der Waals surface area contributed by atoms with Crippen LogP contribution in [0.2, 0.25) is 0 Å². The van der Waals surface area contributed by atoms with Crippen LogP contribution in [-0.2, 0) is 0 Å². The number of nitrogens with one attached hydrogen (secondary N) is 1. The first-order chi connectivity index (χ1) is 9.56. The molecule has 0 aliphatic heterocycles. The Hall–Kier alpha value is -1.85. The highest BCUT2D eigenvalue weighted by Crippen LogP contribution is 2.22. The van der Waals surface area contributed by atoms with E-state index in [9.17, 15) is 4.79 Å². The van der Waals surface area contributed by atoms with E-state index >= 15 is 0 Å². The molecule has 20 heavy (non-hydrogen) atoms. The average Bonchev–Trinajstić information content (AvgIpc) is 2.81. The van der Waals surface area contributed by atoms with Crippen LogP contribution in [0, 0.1) is 13.8 Å². The number of carbonyl (C=O) groups excluding carboxylic acids is 1. The van der Waals surface area contributed by atoms with Gasteiger partial charge in [-0.2, -0.15) is 0 Å². The molecule has 0 unspecified atom stereocenters. The largest absolute Gasteiger partial charge is 0.395 e. The van der Waals surface area contributed by atoms with Gasteiger partial charge in [0.25, 0.3) is 5.91 Å². The summed E-state index contributed by atoms with van der Waals surface area (Å²) in [5.74, 6) is -0.207. The van der Waals surface area contributed by atoms with Gasteiger partial charge in [-0.25, -0.2) is 0 Å². The van der Waals surface area contributed by atoms with E-state index in [1.807, 2.05) is 26.0 Å². The minimum atomic E-state index is -0.207. The van der Waals surface area contributed by atoms with Crippen LogP contribution in [0.1, 0.15) is 21.6 Å². The second-order valence-electron chi connectivity index (χ2n) is 4.97. The SMILES string of the molecule is Cc1cc(C)c2cc(C(=O)N(CCO)CCO)[nH]c2c1. The number of H-pyrrole nitrogens is 1. The van der Waals surface area contributed by atoms with E-state index in [0.29, 0.717) is 5.69 Å². The van der Waals surface area contributed by atoms with Gasteiger partial charge < -0.3 is 20.1 Å². The summed E-state index contributed by atoms with van der Waals surface area (Å²) >= 11 is 0. The molecule has 1 aromatic heterocycles. The van der Waals surface area contributed by atoms with Crippen molar-refractivity contribution in [1.29, 1.82) is 0 Å². The molecule has 5 heteroatoms. The lowest BCUT2D eigenvalue weighted by molar-refractivity contribution is 0.0680. The van der Waals surface area contributed by atoms with Gasteiger partial charge in [-0.05, 0) is 37.1 Å². The molecule has 0 saturated heterocycles. The van der Waals surface area contributed by atoms with Crippen molar-refractivity contribution in [3.8, 4) is 0 Å². The third kappa shape index (κ3) is 2.84. The Bertz CT molecular complexity index is 613. The molecule has 108 valence electrons. The molecule has 0 spiro atoms. The Labute approximate surface area is 117 Å². The van der Waals surface area contributed by atoms with E-state index in [1.165, 1.54) is 4.90 Å². The lowest BCUT2D eigenvalue weighted by Gasteiger charge is -2.19. The van der Waals surface area contributed by atoms with Gasteiger partial charge in [0.2, 0.25) is 0 Å². The summed E-state index contributed by atoms with van der Waals surface area (Å²) < 4.78 is 0. The number of aryl methyl sites for hydroxylation is 2. The normalized spacial score (nSPS) is 11.0. The van der Waals surface area contributed by atoms with E-state index in [-0.39, 0.29) is 32.2 Å². The summed E-state index contributed by atoms with van der Waals surface area (Å²) in [5.41, 5.74) is 3.67. The van der Waals surface area contributed by atoms with Crippen molar-refractivity contribution in [2.45, 2.75) is 13.8 Å². The van der Waals surface area contributed by atoms with Crippen molar-refractivity contribution in [2.75, 3.05) is 26.3 Å². The van der Waals surface area contributed by atoms with Gasteiger partial charge in [-0.15, -0.1) is 0 Å². The van der Waals surface area contributed by atoms with Crippen LogP contribution in [0.15, 0.2) is 18.2 Å². The van der Waals surface area contributed by atoms with Crippen molar-refractivity contribution in [1.82, 2.24) is 9.88 Å². The molecule has 1 amide bonds. The van der Waals surface area contributed by atoms with E-state index in [0.717, 1.165) is 22.0 Å². The quantitative estimate of drug-likeness (QED) is 0.768. The molecule has 3 N–H and O–H groups in total. The molecule has 0 aliphatic rings. The van der Waals surface area contributed by atoms with Crippen LogP contribution in [0.4, 0.5) is 0 Å². The minimum absolute atomic E-state index is 0.121. The summed E-state index contributed by atoms with van der Waals surface area (Å²) in [6.07, 6.45) is 0. The fourth-order valence-electron chi connectivity index (χ4n) is 2.44. The van der Waals surface area contributed by atoms with Crippen molar-refractivity contribution < 1.29 is 15.0 Å². The lowest BCUT2D eigenvalue weighted by Crippen LogP contribution is -2.36. The zero-order valence-corrected chi connectivity index (χ0v) is 11.8. The third-order valence-electron chi connectivity index (χ3n) is 3.35. The fourth-order valence-corrected chi connectivity index (χ4v) is 2.44. The number of nitrogens with zero attached hydrogens (tertiary/aromatic N) is 1. The van der Waals surface area contributed by atoms with Gasteiger partial charge in [0.05, 0.1) is 13.2 Å². The molecule has 1 heterocycles. The summed E-state index contributed by atoms with van der Waals surface area (Å²) in [6, 6.07) is 5.90. The van der Waals surface area contributed by atoms with Gasteiger partial charge in [0, 0.05) is 24.0 Å². The first-order valence-corrected chi connectivity index (χ1v) is 6.67. The first kappa shape index (κ1) is 14.6. The number of aliphatic hydroxyl groups excluding tert-OH is 2. The highest BCUT2D eigenvalue weighted by atomic mass is 16.3. The molecular weight excluding hydrogens is 256 g/mol. The van der Waals surface area contributed by atoms with Crippen molar-refractivity contribution >= 4 is 16.8 Å². The number of fused-ring (bicyclic) bond motifs is 1. The Balaban J connectivity index is 2.36. The highest BCUT2D eigenvalue weighted by molar-refractivity contribution is 5.99. The van der Waals surface area contributed by atoms with Gasteiger partial charge in [0.15, 0.2) is 0 Å². The first-order valence-electron chi connectivity index (χ1n) is 6.67. The molecule has 2 rings (SSSR count). The number of benzene rings is 1. The molecule has 0 saturated carbocycles. The second kappa shape index (κ2) is 6.07. The molecule has 0 fully saturated rings. The maximum atomic E-state index is 12.4. The average molecular weight is 276 g/mol. The van der Waals surface area contributed by atoms with Crippen LogP contribution >= 0.6 is 0 Å². The van der Waals surface area contributed by atoms with Crippen LogP contribution in [0.3, 0.4) is 0 Å². The van der Waals surface area contributed by atoms with Gasteiger partial charge in [0.1, 0.15) is 5.69 Å². The number of aromatic nitrogens is 1. The van der Waals surface area contributed by atoms with E-state index in [2.05, 4.69) is 11.1 Å². The molecule has 0 bridgehead atoms. The molecule has 1 aromatic carbocycles. The number of hydrogen-bond donors (Lipinski definition) is 3.